The van der Waals surface area contributed by atoms with Crippen LogP contribution in [0, 0.1) is 11.8 Å². The Hall–Kier alpha value is -3.65. The lowest BCUT2D eigenvalue weighted by atomic mass is 10.0. The van der Waals surface area contributed by atoms with Gasteiger partial charge in [0.05, 0.1) is 0 Å². The number of benzene rings is 5. The van der Waals surface area contributed by atoms with Crippen molar-refractivity contribution >= 4 is 43.0 Å². The highest BCUT2D eigenvalue weighted by Gasteiger charge is 2.41. The van der Waals surface area contributed by atoms with Crippen molar-refractivity contribution in [1.29, 1.82) is 0 Å². The fourth-order valence-corrected chi connectivity index (χ4v) is 15.7. The van der Waals surface area contributed by atoms with Gasteiger partial charge < -0.3 is 15.5 Å². The molecule has 272 valence electrons. The molecule has 6 atom stereocenters. The molecular weight excluding hydrogens is 684 g/mol. The first-order chi connectivity index (χ1) is 26.2. The van der Waals surface area contributed by atoms with Crippen molar-refractivity contribution < 1.29 is 4.79 Å². The molecule has 1 heterocycles. The second kappa shape index (κ2) is 17.7. The van der Waals surface area contributed by atoms with Crippen LogP contribution in [0.5, 0.6) is 0 Å². The number of likely N-dealkylation sites (tertiary alicyclic amines) is 1. The molecule has 1 amide bonds. The van der Waals surface area contributed by atoms with Crippen LogP contribution in [0.1, 0.15) is 48.9 Å². The third kappa shape index (κ3) is 8.53. The molecule has 5 aromatic rings. The molecule has 6 unspecified atom stereocenters. The minimum Gasteiger partial charge on any atom is -0.335 e. The van der Waals surface area contributed by atoms with Crippen molar-refractivity contribution in [3.63, 3.8) is 0 Å². The highest BCUT2D eigenvalue weighted by molar-refractivity contribution is 7.74. The lowest BCUT2D eigenvalue weighted by Crippen LogP contribution is -2.50. The van der Waals surface area contributed by atoms with E-state index in [1.54, 1.807) is 0 Å². The summed E-state index contributed by atoms with van der Waals surface area (Å²) in [6.45, 7) is 3.48. The van der Waals surface area contributed by atoms with E-state index in [0.717, 1.165) is 31.7 Å². The van der Waals surface area contributed by atoms with Gasteiger partial charge in [-0.15, -0.1) is 0 Å². The molecule has 2 N–H and O–H groups in total. The van der Waals surface area contributed by atoms with E-state index in [9.17, 15) is 4.79 Å². The summed E-state index contributed by atoms with van der Waals surface area (Å²) in [4.78, 5) is 15.9. The van der Waals surface area contributed by atoms with Crippen LogP contribution < -0.4 is 31.9 Å². The van der Waals surface area contributed by atoms with E-state index in [-0.39, 0.29) is 18.0 Å². The van der Waals surface area contributed by atoms with Crippen LogP contribution >= 0.6 is 15.8 Å². The smallest absolute Gasteiger partial charge is 0.253 e. The predicted molar refractivity (Wildman–Crippen MR) is 226 cm³/mol. The number of nitrogens with one attached hydrogen (secondary N) is 2. The van der Waals surface area contributed by atoms with Gasteiger partial charge in [0, 0.05) is 30.7 Å². The predicted octanol–water partition coefficient (Wildman–Crippen LogP) is 7.66. The highest BCUT2D eigenvalue weighted by Crippen LogP contribution is 2.51. The van der Waals surface area contributed by atoms with Gasteiger partial charge >= 0.3 is 0 Å². The molecule has 2 aliphatic carbocycles. The van der Waals surface area contributed by atoms with Crippen LogP contribution in [0.3, 0.4) is 0 Å². The number of carbonyl (C=O) groups is 1. The molecule has 3 fully saturated rings. The zero-order valence-electron chi connectivity index (χ0n) is 30.7. The lowest BCUT2D eigenvalue weighted by Gasteiger charge is -2.33. The van der Waals surface area contributed by atoms with Crippen molar-refractivity contribution in [1.82, 2.24) is 15.5 Å². The monoisotopic (exact) mass is 737 g/mol. The van der Waals surface area contributed by atoms with Gasteiger partial charge in [-0.3, -0.25) is 4.79 Å². The topological polar surface area (TPSA) is 44.4 Å². The normalized spacial score (nSPS) is 24.3. The zero-order chi connectivity index (χ0) is 35.8. The van der Waals surface area contributed by atoms with Crippen LogP contribution in [-0.2, 0) is 0 Å². The van der Waals surface area contributed by atoms with Crippen LogP contribution in [0.15, 0.2) is 152 Å². The Balaban J connectivity index is 1.000. The Labute approximate surface area is 319 Å². The molecule has 1 aliphatic heterocycles. The molecule has 3 aliphatic rings. The minimum absolute atomic E-state index is 0.146. The number of carbonyl (C=O) groups excluding carboxylic acids is 1. The van der Waals surface area contributed by atoms with E-state index in [4.69, 9.17) is 0 Å². The molecule has 53 heavy (non-hydrogen) atoms. The largest absolute Gasteiger partial charge is 0.335 e. The molecule has 5 aromatic carbocycles. The van der Waals surface area contributed by atoms with Crippen molar-refractivity contribution in [2.45, 2.75) is 61.9 Å². The van der Waals surface area contributed by atoms with Crippen LogP contribution in [0.25, 0.3) is 0 Å². The first kappa shape index (κ1) is 36.3. The molecule has 6 heteroatoms. The fourth-order valence-electron chi connectivity index (χ4n) is 9.36. The van der Waals surface area contributed by atoms with E-state index < -0.39 is 15.8 Å². The maximum absolute atomic E-state index is 13.8. The Bertz CT molecular complexity index is 1670. The summed E-state index contributed by atoms with van der Waals surface area (Å²) < 4.78 is 0. The Morgan fingerprint density at radius 3 is 1.19 bits per heavy atom. The van der Waals surface area contributed by atoms with Crippen molar-refractivity contribution in [2.24, 2.45) is 11.8 Å². The second-order valence-corrected chi connectivity index (χ2v) is 20.1. The van der Waals surface area contributed by atoms with Gasteiger partial charge in [0.2, 0.25) is 0 Å². The molecule has 8 rings (SSSR count). The summed E-state index contributed by atoms with van der Waals surface area (Å²) in [5, 5.41) is 14.2. The SMILES string of the molecule is O=C(c1ccccc1)N1CC(NCC2CCCC2P(c2ccccc2)c2ccccc2)C(NCC2CCCC2P(c2ccccc2)c2ccccc2)C1. The third-order valence-electron chi connectivity index (χ3n) is 12.0. The molecule has 0 radical (unpaired) electrons. The number of hydrogen-bond donors (Lipinski definition) is 2. The van der Waals surface area contributed by atoms with E-state index >= 15 is 0 Å². The van der Waals surface area contributed by atoms with Crippen molar-refractivity contribution in [3.05, 3.63) is 157 Å². The third-order valence-corrected chi connectivity index (χ3v) is 18.1. The summed E-state index contributed by atoms with van der Waals surface area (Å²) in [6.07, 6.45) is 7.66. The fraction of sp³-hybridized carbons (Fsp3) is 0.340. The molecule has 1 saturated heterocycles. The van der Waals surface area contributed by atoms with Crippen LogP contribution in [-0.4, -0.2) is 60.4 Å². The van der Waals surface area contributed by atoms with E-state index in [2.05, 4.69) is 137 Å². The quantitative estimate of drug-likeness (QED) is 0.122. The molecular formula is C47H53N3OP2. The molecule has 0 bridgehead atoms. The molecule has 0 aromatic heterocycles. The average Bonchev–Trinajstić information content (AvgIpc) is 3.99. The van der Waals surface area contributed by atoms with E-state index in [1.165, 1.54) is 59.7 Å². The molecule has 4 nitrogen and oxygen atoms in total. The maximum Gasteiger partial charge on any atom is 0.253 e. The standard InChI is InChI=1S/C47H53N3OP2/c51-47(36-18-6-1-7-19-36)50-34-43(48-32-37-20-16-30-45(37)52(39-22-8-2-9-23-39)40-24-10-3-11-25-40)44(35-50)49-33-38-21-17-31-46(38)53(41-26-12-4-13-27-41)42-28-14-5-15-29-42/h1-15,18-19,22-29,37-38,43-46,48-49H,16-17,20-21,30-35H2. The number of nitrogens with zero attached hydrogens (tertiary/aromatic N) is 1. The Morgan fingerprint density at radius 2 is 0.830 bits per heavy atom. The maximum atomic E-state index is 13.8. The summed E-state index contributed by atoms with van der Waals surface area (Å²) in [7, 11) is -0.914. The Kier molecular flexibility index (Phi) is 12.1. The molecule has 0 spiro atoms. The second-order valence-electron chi connectivity index (χ2n) is 15.2. The minimum atomic E-state index is -0.457. The highest BCUT2D eigenvalue weighted by atomic mass is 31.1. The first-order valence-electron chi connectivity index (χ1n) is 19.8. The summed E-state index contributed by atoms with van der Waals surface area (Å²) in [5.41, 5.74) is 2.07. The van der Waals surface area contributed by atoms with E-state index in [1.807, 2.05) is 30.3 Å². The van der Waals surface area contributed by atoms with Crippen molar-refractivity contribution in [3.8, 4) is 0 Å². The van der Waals surface area contributed by atoms with Gasteiger partial charge in [0.15, 0.2) is 0 Å². The summed E-state index contributed by atoms with van der Waals surface area (Å²) in [6, 6.07) is 55.3. The number of rotatable bonds is 13. The van der Waals surface area contributed by atoms with Gasteiger partial charge in [-0.1, -0.05) is 152 Å². The lowest BCUT2D eigenvalue weighted by molar-refractivity contribution is 0.0786. The van der Waals surface area contributed by atoms with Gasteiger partial charge in [0.1, 0.15) is 0 Å². The first-order valence-corrected chi connectivity index (χ1v) is 22.6. The number of hydrogen-bond acceptors (Lipinski definition) is 3. The van der Waals surface area contributed by atoms with Gasteiger partial charge in [0.25, 0.3) is 5.91 Å². The van der Waals surface area contributed by atoms with Crippen molar-refractivity contribution in [2.75, 3.05) is 26.2 Å². The number of amides is 1. The molecule has 2 saturated carbocycles. The van der Waals surface area contributed by atoms with Crippen LogP contribution in [0.2, 0.25) is 0 Å². The van der Waals surface area contributed by atoms with Gasteiger partial charge in [-0.05, 0) is 111 Å². The zero-order valence-corrected chi connectivity index (χ0v) is 32.5. The Morgan fingerprint density at radius 1 is 0.491 bits per heavy atom. The summed E-state index contributed by atoms with van der Waals surface area (Å²) in [5.74, 6) is 1.37. The van der Waals surface area contributed by atoms with Crippen LogP contribution in [0.4, 0.5) is 0 Å². The van der Waals surface area contributed by atoms with Gasteiger partial charge in [-0.25, -0.2) is 0 Å². The van der Waals surface area contributed by atoms with E-state index in [0.29, 0.717) is 23.2 Å². The summed E-state index contributed by atoms with van der Waals surface area (Å²) >= 11 is 0. The average molecular weight is 738 g/mol. The van der Waals surface area contributed by atoms with Gasteiger partial charge in [-0.2, -0.15) is 0 Å².